The van der Waals surface area contributed by atoms with Crippen molar-refractivity contribution >= 4 is 112 Å². The van der Waals surface area contributed by atoms with Gasteiger partial charge in [-0.15, -0.1) is 0 Å². The SMILES string of the molecule is CC[C@H](C)[C@H](NC(=O)[C@H](CC(N)=O)NC(=O)[C@@H]1CCCN1C(=O)[C@H](CC(C)C)NC(=O)[C@H](CO)NC(=O)[C@@H]1CCCN1C(=O)[C@H](CO)NC(=O)[C@@H](NC(=O)[C@H](Cc1ccc(O)cc1)NC(=O)[C@H](CC(C)C)NC(=O)[C@@H]1CCCN1C(=O)[C@H](CC(C)C)NC(C)=O)[C@@H](C)O)C(=O)N[C@H](C(=O)N[C@@H](CC(C)C)C(=O)NCC(=O)N[C@@H](CC(C)C)C(=O)N1CCC[C@H]1C(=O)O)[C@@H](C)O. The number of phenols is 1. The van der Waals surface area contributed by atoms with Crippen molar-refractivity contribution in [3.63, 3.8) is 0 Å². The first-order valence-electron chi connectivity index (χ1n) is 45.0. The van der Waals surface area contributed by atoms with Gasteiger partial charge in [0.1, 0.15) is 102 Å². The van der Waals surface area contributed by atoms with Crippen molar-refractivity contribution in [1.29, 1.82) is 0 Å². The molecule has 0 aliphatic carbocycles. The van der Waals surface area contributed by atoms with Crippen LogP contribution < -0.4 is 74.9 Å². The Morgan fingerprint density at radius 2 is 0.708 bits per heavy atom. The molecule has 0 bridgehead atoms. The van der Waals surface area contributed by atoms with Crippen LogP contribution >= 0.6 is 0 Å². The van der Waals surface area contributed by atoms with Crippen LogP contribution in [-0.4, -0.2) is 317 Å². The summed E-state index contributed by atoms with van der Waals surface area (Å²) in [4.78, 5) is 269. The maximum absolute atomic E-state index is 14.8. The zero-order valence-electron chi connectivity index (χ0n) is 77.2. The zero-order valence-corrected chi connectivity index (χ0v) is 77.2. The van der Waals surface area contributed by atoms with Crippen molar-refractivity contribution in [3.05, 3.63) is 29.8 Å². The molecule has 43 nitrogen and oxygen atoms in total. The van der Waals surface area contributed by atoms with Gasteiger partial charge in [-0.05, 0) is 151 Å². The maximum atomic E-state index is 14.8. The molecule has 1 aromatic carbocycles. The summed E-state index contributed by atoms with van der Waals surface area (Å²) in [6.07, 6.45) is -2.34. The largest absolute Gasteiger partial charge is 0.508 e. The predicted octanol–water partition coefficient (Wildman–Crippen LogP) is -4.16. The van der Waals surface area contributed by atoms with Crippen LogP contribution in [0.3, 0.4) is 0 Å². The van der Waals surface area contributed by atoms with E-state index >= 15 is 0 Å². The average molecular weight is 1840 g/mol. The number of aliphatic hydroxyl groups is 4. The molecule has 5 rings (SSSR count). The van der Waals surface area contributed by atoms with Crippen LogP contribution in [0.5, 0.6) is 5.75 Å². The topological polar surface area (TPSA) is 641 Å². The Balaban J connectivity index is 1.25. The number of carbonyl (C=O) groups is 19. The zero-order chi connectivity index (χ0) is 97.6. The summed E-state index contributed by atoms with van der Waals surface area (Å²) in [6, 6.07) is -17.8. The van der Waals surface area contributed by atoms with Gasteiger partial charge in [-0.25, -0.2) is 4.79 Å². The lowest BCUT2D eigenvalue weighted by atomic mass is 9.96. The summed E-state index contributed by atoms with van der Waals surface area (Å²) in [7, 11) is 0. The van der Waals surface area contributed by atoms with E-state index in [2.05, 4.69) is 69.1 Å². The lowest BCUT2D eigenvalue weighted by molar-refractivity contribution is -0.149. The van der Waals surface area contributed by atoms with Crippen molar-refractivity contribution in [2.24, 2.45) is 41.2 Å². The smallest absolute Gasteiger partial charge is 0.326 e. The van der Waals surface area contributed by atoms with Gasteiger partial charge in [-0.2, -0.15) is 0 Å². The molecule has 43 heteroatoms. The van der Waals surface area contributed by atoms with E-state index in [4.69, 9.17) is 5.73 Å². The molecule has 0 aromatic heterocycles. The molecule has 728 valence electrons. The Morgan fingerprint density at radius 1 is 0.385 bits per heavy atom. The van der Waals surface area contributed by atoms with Crippen LogP contribution in [0.2, 0.25) is 0 Å². The Morgan fingerprint density at radius 3 is 1.12 bits per heavy atom. The minimum absolute atomic E-state index is 0.00312. The van der Waals surface area contributed by atoms with Crippen LogP contribution in [0.1, 0.15) is 206 Å². The third-order valence-electron chi connectivity index (χ3n) is 23.1. The second-order valence-electron chi connectivity index (χ2n) is 36.5. The first-order chi connectivity index (χ1) is 61.0. The van der Waals surface area contributed by atoms with Gasteiger partial charge in [-0.3, -0.25) is 86.3 Å². The van der Waals surface area contributed by atoms with Gasteiger partial charge in [0.05, 0.1) is 38.4 Å². The van der Waals surface area contributed by atoms with Gasteiger partial charge in [0.15, 0.2) is 0 Å². The number of nitrogens with one attached hydrogen (secondary N) is 13. The highest BCUT2D eigenvalue weighted by Crippen LogP contribution is 2.27. The van der Waals surface area contributed by atoms with E-state index in [9.17, 15) is 122 Å². The van der Waals surface area contributed by atoms with E-state index in [1.807, 2.05) is 13.8 Å². The molecule has 18 amide bonds. The number of rotatable bonds is 50. The lowest BCUT2D eigenvalue weighted by Gasteiger charge is -2.32. The Hall–Kier alpha value is -11.2. The Kier molecular flexibility index (Phi) is 43.7. The van der Waals surface area contributed by atoms with E-state index in [-0.39, 0.29) is 139 Å². The third kappa shape index (κ3) is 33.0. The van der Waals surface area contributed by atoms with Crippen LogP contribution in [0.25, 0.3) is 0 Å². The molecule has 4 aliphatic heterocycles. The van der Waals surface area contributed by atoms with E-state index in [0.717, 1.165) is 23.6 Å². The van der Waals surface area contributed by atoms with Gasteiger partial charge in [0, 0.05) is 39.5 Å². The number of carboxylic acids is 1. The second kappa shape index (κ2) is 52.0. The predicted molar refractivity (Wildman–Crippen MR) is 468 cm³/mol. The first kappa shape index (κ1) is 109. The molecule has 0 saturated carbocycles. The summed E-state index contributed by atoms with van der Waals surface area (Å²) < 4.78 is 0. The minimum atomic E-state index is -1.91. The molecule has 4 heterocycles. The number of carboxylic acid groups (broad SMARTS) is 1. The highest BCUT2D eigenvalue weighted by atomic mass is 16.4. The second-order valence-corrected chi connectivity index (χ2v) is 36.5. The number of primary amides is 1. The first-order valence-corrected chi connectivity index (χ1v) is 45.0. The van der Waals surface area contributed by atoms with Gasteiger partial charge < -0.3 is 125 Å². The number of carbonyl (C=O) groups excluding carboxylic acids is 18. The van der Waals surface area contributed by atoms with Crippen molar-refractivity contribution in [3.8, 4) is 5.75 Å². The van der Waals surface area contributed by atoms with Crippen LogP contribution in [0, 0.1) is 35.5 Å². The normalized spacial score (nSPS) is 19.7. The number of hydrogen-bond donors (Lipinski definition) is 20. The molecular formula is C87H140N18O25. The fourth-order valence-electron chi connectivity index (χ4n) is 16.3. The van der Waals surface area contributed by atoms with Crippen molar-refractivity contribution in [2.45, 2.75) is 315 Å². The fraction of sp³-hybridized carbons (Fsp3) is 0.713. The summed E-state index contributed by atoms with van der Waals surface area (Å²) in [5.41, 5.74) is 6.00. The van der Waals surface area contributed by atoms with Gasteiger partial charge in [0.25, 0.3) is 0 Å². The van der Waals surface area contributed by atoms with Crippen LogP contribution in [-0.2, 0) is 97.5 Å². The van der Waals surface area contributed by atoms with Crippen LogP contribution in [0.15, 0.2) is 24.3 Å². The molecule has 0 radical (unpaired) electrons. The molecule has 130 heavy (non-hydrogen) atoms. The molecule has 19 atom stereocenters. The van der Waals surface area contributed by atoms with E-state index in [0.29, 0.717) is 24.8 Å². The number of nitrogens with zero attached hydrogens (tertiary/aromatic N) is 4. The Labute approximate surface area is 757 Å². The van der Waals surface area contributed by atoms with Crippen molar-refractivity contribution in [1.82, 2.24) is 88.7 Å². The number of aliphatic carboxylic acids is 1. The monoisotopic (exact) mass is 1840 g/mol. The molecule has 1 aromatic rings. The van der Waals surface area contributed by atoms with Gasteiger partial charge in [0.2, 0.25) is 106 Å². The summed E-state index contributed by atoms with van der Waals surface area (Å²) in [5.74, 6) is -19.3. The number of nitrogens with two attached hydrogens (primary N) is 1. The maximum Gasteiger partial charge on any atom is 0.326 e. The number of phenolic OH excluding ortho intramolecular Hbond substituents is 1. The highest BCUT2D eigenvalue weighted by Gasteiger charge is 2.47. The fourth-order valence-corrected chi connectivity index (χ4v) is 16.3. The molecule has 0 unspecified atom stereocenters. The number of hydrogen-bond acceptors (Lipinski definition) is 24. The number of aliphatic hydroxyl groups excluding tert-OH is 4. The molecular weight excluding hydrogens is 1700 g/mol. The van der Waals surface area contributed by atoms with Crippen LogP contribution in [0.4, 0.5) is 0 Å². The van der Waals surface area contributed by atoms with E-state index < -0.39 is 253 Å². The molecule has 0 spiro atoms. The highest BCUT2D eigenvalue weighted by molar-refractivity contribution is 6.02. The molecule has 4 fully saturated rings. The number of likely N-dealkylation sites (tertiary alicyclic amines) is 4. The minimum Gasteiger partial charge on any atom is -0.508 e. The van der Waals surface area contributed by atoms with Gasteiger partial charge in [-0.1, -0.05) is 102 Å². The summed E-state index contributed by atoms with van der Waals surface area (Å²) >= 11 is 0. The summed E-state index contributed by atoms with van der Waals surface area (Å²) in [5, 5.41) is 96.1. The summed E-state index contributed by atoms with van der Waals surface area (Å²) in [6.45, 7) is 21.8. The molecule has 4 saturated heterocycles. The standard InChI is InChI=1S/C87H140N18O25/c1-16-48(12)69(80(122)101-71(50(14)109)81(123)95-54(33-43(2)3)72(114)89-40-68(113)91-59(36-46(8)9)84(126)105-32-20-24-66(105)87(129)130)99-75(117)57(39-67(88)112)94-78(120)64-22-18-30-103(64)85(127)60(37-47(10)11)96-76(118)61(41-106)97-79(121)65-23-19-31-104(65)86(128)62(42-107)98-82(124)70(49(13)108)100-74(116)56(38-52-25-27-53(111)28-26-52)92-73(115)55(34-44(4)5)93-77(119)63-21-17-29-102(63)83(125)58(35-45(6)7)90-51(15)110/h25-28,43-50,54-66,69-71,106-109,111H,16-24,29-42H2,1-15H3,(H2,88,112)(H,89,114)(H,90,110)(H,91,113)(H,92,115)(H,93,119)(H,94,120)(H,95,123)(H,96,118)(H,97,121)(H,98,124)(H,99,117)(H,100,116)(H,101,122)(H,129,130)/t48-,49+,50+,54-,55-,56-,57-,58-,59-,60-,61-,62-,63-,64-,65-,66-,69-,70-,71-/m0/s1. The third-order valence-corrected chi connectivity index (χ3v) is 23.1. The Bertz CT molecular complexity index is 4130. The van der Waals surface area contributed by atoms with E-state index in [1.54, 1.807) is 69.2 Å². The lowest BCUT2D eigenvalue weighted by Crippen LogP contribution is -2.63. The number of amides is 18. The van der Waals surface area contributed by atoms with Crippen molar-refractivity contribution < 1.29 is 122 Å². The number of aromatic hydroxyl groups is 1. The molecule has 21 N–H and O–H groups in total. The number of benzene rings is 1. The average Bonchev–Trinajstić information content (AvgIpc) is 1.61. The quantitative estimate of drug-likeness (QED) is 0.0294. The molecule has 4 aliphatic rings. The van der Waals surface area contributed by atoms with Crippen molar-refractivity contribution in [2.75, 3.05) is 45.9 Å². The van der Waals surface area contributed by atoms with E-state index in [1.165, 1.54) is 41.0 Å². The van der Waals surface area contributed by atoms with Gasteiger partial charge >= 0.3 is 5.97 Å².